The quantitative estimate of drug-likeness (QED) is 0.782. The van der Waals surface area contributed by atoms with Crippen LogP contribution in [0, 0.1) is 6.92 Å². The van der Waals surface area contributed by atoms with E-state index in [9.17, 15) is 18.0 Å². The van der Waals surface area contributed by atoms with Crippen LogP contribution < -0.4 is 10.1 Å². The summed E-state index contributed by atoms with van der Waals surface area (Å²) in [5.74, 6) is -0.828. The molecule has 1 heterocycles. The van der Waals surface area contributed by atoms with Crippen LogP contribution >= 0.6 is 0 Å². The van der Waals surface area contributed by atoms with Crippen molar-refractivity contribution in [1.29, 1.82) is 0 Å². The predicted molar refractivity (Wildman–Crippen MR) is 83.2 cm³/mol. The van der Waals surface area contributed by atoms with Gasteiger partial charge in [-0.3, -0.25) is 4.79 Å². The first-order valence-corrected chi connectivity index (χ1v) is 8.94. The summed E-state index contributed by atoms with van der Waals surface area (Å²) < 4.78 is 32.7. The van der Waals surface area contributed by atoms with Gasteiger partial charge in [-0.05, 0) is 25.5 Å². The third kappa shape index (κ3) is 4.69. The Morgan fingerprint density at radius 1 is 1.35 bits per heavy atom. The summed E-state index contributed by atoms with van der Waals surface area (Å²) >= 11 is 0. The molecule has 23 heavy (non-hydrogen) atoms. The summed E-state index contributed by atoms with van der Waals surface area (Å²) in [6.07, 6.45) is 0.383. The Labute approximate surface area is 134 Å². The molecule has 1 atom stereocenters. The molecule has 1 aliphatic heterocycles. The zero-order chi connectivity index (χ0) is 17.0. The fourth-order valence-electron chi connectivity index (χ4n) is 2.37. The minimum atomic E-state index is -3.07. The van der Waals surface area contributed by atoms with Crippen LogP contribution in [0.1, 0.15) is 22.3 Å². The van der Waals surface area contributed by atoms with Crippen molar-refractivity contribution in [3.63, 3.8) is 0 Å². The zero-order valence-corrected chi connectivity index (χ0v) is 13.8. The lowest BCUT2D eigenvalue weighted by Gasteiger charge is -2.12. The second kappa shape index (κ2) is 6.99. The molecule has 7 nitrogen and oxygen atoms in total. The molecule has 1 amide bonds. The molecule has 2 rings (SSSR count). The van der Waals surface area contributed by atoms with Crippen molar-refractivity contribution in [2.75, 3.05) is 25.2 Å². The molecule has 0 aliphatic carbocycles. The third-order valence-electron chi connectivity index (χ3n) is 3.51. The van der Waals surface area contributed by atoms with Crippen LogP contribution in [-0.4, -0.2) is 51.6 Å². The van der Waals surface area contributed by atoms with E-state index in [1.165, 1.54) is 7.11 Å². The fourth-order valence-corrected chi connectivity index (χ4v) is 4.04. The highest BCUT2D eigenvalue weighted by atomic mass is 32.2. The van der Waals surface area contributed by atoms with Crippen LogP contribution in [0.3, 0.4) is 0 Å². The maximum absolute atomic E-state index is 12.0. The van der Waals surface area contributed by atoms with E-state index in [4.69, 9.17) is 9.47 Å². The lowest BCUT2D eigenvalue weighted by Crippen LogP contribution is -2.38. The van der Waals surface area contributed by atoms with E-state index in [0.29, 0.717) is 12.2 Å². The second-order valence-corrected chi connectivity index (χ2v) is 7.68. The number of methoxy groups -OCH3 is 1. The van der Waals surface area contributed by atoms with Crippen LogP contribution in [0.4, 0.5) is 0 Å². The highest BCUT2D eigenvalue weighted by Gasteiger charge is 2.29. The minimum Gasteiger partial charge on any atom is -0.496 e. The first-order chi connectivity index (χ1) is 10.8. The monoisotopic (exact) mass is 341 g/mol. The molecule has 0 spiro atoms. The topological polar surface area (TPSA) is 98.8 Å². The molecule has 0 aromatic heterocycles. The number of nitrogens with one attached hydrogen (secondary N) is 1. The molecule has 1 fully saturated rings. The molecule has 1 N–H and O–H groups in total. The molecule has 1 saturated heterocycles. The highest BCUT2D eigenvalue weighted by Crippen LogP contribution is 2.20. The smallest absolute Gasteiger partial charge is 0.342 e. The number of hydrogen-bond donors (Lipinski definition) is 1. The van der Waals surface area contributed by atoms with Gasteiger partial charge in [0.25, 0.3) is 5.91 Å². The number of hydrogen-bond acceptors (Lipinski definition) is 6. The number of esters is 1. The number of rotatable bonds is 5. The first kappa shape index (κ1) is 17.3. The molecular formula is C15H19NO6S. The Hall–Kier alpha value is -2.09. The maximum atomic E-state index is 12.0. The van der Waals surface area contributed by atoms with E-state index in [-0.39, 0.29) is 17.1 Å². The van der Waals surface area contributed by atoms with Gasteiger partial charge in [-0.2, -0.15) is 0 Å². The standard InChI is InChI=1S/C15H19NO6S/c1-10-3-4-13(21-2)12(7-10)15(18)22-8-14(17)16-11-5-6-23(19,20)9-11/h3-4,7,11H,5-6,8-9H2,1-2H3,(H,16,17)/t11-/m1/s1. The average Bonchev–Trinajstić information content (AvgIpc) is 2.83. The molecule has 1 aliphatic rings. The summed E-state index contributed by atoms with van der Waals surface area (Å²) in [6, 6.07) is 4.64. The van der Waals surface area contributed by atoms with Crippen molar-refractivity contribution in [2.45, 2.75) is 19.4 Å². The number of ether oxygens (including phenoxy) is 2. The zero-order valence-electron chi connectivity index (χ0n) is 13.0. The maximum Gasteiger partial charge on any atom is 0.342 e. The van der Waals surface area contributed by atoms with Crippen LogP contribution in [0.2, 0.25) is 0 Å². The molecule has 0 bridgehead atoms. The molecule has 0 saturated carbocycles. The Kier molecular flexibility index (Phi) is 5.25. The Balaban J connectivity index is 1.89. The van der Waals surface area contributed by atoms with E-state index < -0.39 is 34.4 Å². The lowest BCUT2D eigenvalue weighted by molar-refractivity contribution is -0.124. The van der Waals surface area contributed by atoms with Gasteiger partial charge in [-0.15, -0.1) is 0 Å². The molecule has 8 heteroatoms. The molecule has 126 valence electrons. The molecular weight excluding hydrogens is 322 g/mol. The van der Waals surface area contributed by atoms with Crippen LogP contribution in [0.15, 0.2) is 18.2 Å². The van der Waals surface area contributed by atoms with E-state index in [0.717, 1.165) is 5.56 Å². The van der Waals surface area contributed by atoms with Crippen molar-refractivity contribution >= 4 is 21.7 Å². The van der Waals surface area contributed by atoms with E-state index in [1.54, 1.807) is 18.2 Å². The van der Waals surface area contributed by atoms with Crippen LogP contribution in [-0.2, 0) is 19.4 Å². The summed E-state index contributed by atoms with van der Waals surface area (Å²) in [5.41, 5.74) is 1.10. The SMILES string of the molecule is COc1ccc(C)cc1C(=O)OCC(=O)N[C@@H]1CCS(=O)(=O)C1. The summed E-state index contributed by atoms with van der Waals surface area (Å²) in [7, 11) is -1.63. The van der Waals surface area contributed by atoms with E-state index in [2.05, 4.69) is 5.32 Å². The fraction of sp³-hybridized carbons (Fsp3) is 0.467. The van der Waals surface area contributed by atoms with Crippen molar-refractivity contribution in [2.24, 2.45) is 0 Å². The van der Waals surface area contributed by atoms with Gasteiger partial charge in [0.1, 0.15) is 11.3 Å². The first-order valence-electron chi connectivity index (χ1n) is 7.12. The Bertz CT molecular complexity index is 713. The van der Waals surface area contributed by atoms with Crippen molar-refractivity contribution in [3.05, 3.63) is 29.3 Å². The third-order valence-corrected chi connectivity index (χ3v) is 5.27. The van der Waals surface area contributed by atoms with Gasteiger partial charge in [0, 0.05) is 6.04 Å². The summed E-state index contributed by atoms with van der Waals surface area (Å²) in [4.78, 5) is 23.8. The largest absolute Gasteiger partial charge is 0.496 e. The van der Waals surface area contributed by atoms with Crippen molar-refractivity contribution in [1.82, 2.24) is 5.32 Å². The molecule has 0 radical (unpaired) electrons. The minimum absolute atomic E-state index is 0.0677. The molecule has 1 aromatic rings. The average molecular weight is 341 g/mol. The summed E-state index contributed by atoms with van der Waals surface area (Å²) in [6.45, 7) is 1.36. The van der Waals surface area contributed by atoms with Crippen molar-refractivity contribution in [3.8, 4) is 5.75 Å². The predicted octanol–water partition coefficient (Wildman–Crippen LogP) is 0.464. The number of carbonyl (C=O) groups excluding carboxylic acids is 2. The Morgan fingerprint density at radius 3 is 2.70 bits per heavy atom. The van der Waals surface area contributed by atoms with Crippen LogP contribution in [0.5, 0.6) is 5.75 Å². The highest BCUT2D eigenvalue weighted by molar-refractivity contribution is 7.91. The van der Waals surface area contributed by atoms with Gasteiger partial charge in [0.15, 0.2) is 16.4 Å². The second-order valence-electron chi connectivity index (χ2n) is 5.45. The number of sulfone groups is 1. The summed E-state index contributed by atoms with van der Waals surface area (Å²) in [5, 5.41) is 2.55. The van der Waals surface area contributed by atoms with Gasteiger partial charge >= 0.3 is 5.97 Å². The van der Waals surface area contributed by atoms with Gasteiger partial charge in [0.05, 0.1) is 18.6 Å². The molecule has 0 unspecified atom stereocenters. The van der Waals surface area contributed by atoms with E-state index in [1.807, 2.05) is 6.92 Å². The van der Waals surface area contributed by atoms with E-state index >= 15 is 0 Å². The van der Waals surface area contributed by atoms with Gasteiger partial charge in [-0.25, -0.2) is 13.2 Å². The van der Waals surface area contributed by atoms with Gasteiger partial charge < -0.3 is 14.8 Å². The lowest BCUT2D eigenvalue weighted by atomic mass is 10.1. The van der Waals surface area contributed by atoms with Crippen molar-refractivity contribution < 1.29 is 27.5 Å². The number of carbonyl (C=O) groups is 2. The Morgan fingerprint density at radius 2 is 2.09 bits per heavy atom. The van der Waals surface area contributed by atoms with Gasteiger partial charge in [0.2, 0.25) is 0 Å². The van der Waals surface area contributed by atoms with Crippen LogP contribution in [0.25, 0.3) is 0 Å². The molecule has 1 aromatic carbocycles. The number of benzene rings is 1. The number of amides is 1. The number of aryl methyl sites for hydroxylation is 1. The van der Waals surface area contributed by atoms with Gasteiger partial charge in [-0.1, -0.05) is 11.6 Å². The normalized spacial score (nSPS) is 19.1.